The normalized spacial score (nSPS) is 12.0. The van der Waals surface area contributed by atoms with Crippen LogP contribution in [0.5, 0.6) is 0 Å². The molecule has 1 heterocycles. The number of aromatic nitrogens is 2. The summed E-state index contributed by atoms with van der Waals surface area (Å²) in [5.41, 5.74) is 7.81. The van der Waals surface area contributed by atoms with E-state index in [0.717, 1.165) is 41.8 Å². The molecule has 1 atom stereocenters. The zero-order chi connectivity index (χ0) is 31.5. The third kappa shape index (κ3) is 12.3. The number of aryl methyl sites for hydroxylation is 1. The minimum Gasteiger partial charge on any atom is -0.431 e. The number of imidazole rings is 1. The first-order chi connectivity index (χ1) is 20.9. The maximum Gasteiger partial charge on any atom is 0.360 e. The van der Waals surface area contributed by atoms with Crippen molar-refractivity contribution in [2.45, 2.75) is 72.1 Å². The van der Waals surface area contributed by atoms with Gasteiger partial charge in [0.2, 0.25) is 6.29 Å². The fourth-order valence-corrected chi connectivity index (χ4v) is 4.31. The third-order valence-electron chi connectivity index (χ3n) is 6.18. The van der Waals surface area contributed by atoms with Crippen LogP contribution < -0.4 is 11.0 Å². The summed E-state index contributed by atoms with van der Waals surface area (Å²) in [5.74, 6) is 0.111. The van der Waals surface area contributed by atoms with Gasteiger partial charge in [-0.3, -0.25) is 0 Å². The van der Waals surface area contributed by atoms with Crippen LogP contribution in [0.15, 0.2) is 55.7 Å². The Balaban J connectivity index is 2.06. The number of hydrogen-bond acceptors (Lipinski definition) is 7. The third-order valence-corrected chi connectivity index (χ3v) is 6.44. The number of esters is 1. The Kier molecular flexibility index (Phi) is 16.9. The molecule has 0 fully saturated rings. The molecule has 1 aromatic carbocycles. The van der Waals surface area contributed by atoms with Crippen molar-refractivity contribution in [3.63, 3.8) is 0 Å². The quantitative estimate of drug-likeness (QED) is 0.0381. The molecule has 0 aliphatic rings. The Morgan fingerprint density at radius 1 is 1.14 bits per heavy atom. The van der Waals surface area contributed by atoms with Gasteiger partial charge in [0.25, 0.3) is 4.98 Å². The van der Waals surface area contributed by atoms with Crippen molar-refractivity contribution in [3.8, 4) is 0 Å². The highest BCUT2D eigenvalue weighted by molar-refractivity contribution is 6.32. The van der Waals surface area contributed by atoms with Crippen molar-refractivity contribution in [1.82, 2.24) is 20.6 Å². The summed E-state index contributed by atoms with van der Waals surface area (Å²) in [7, 11) is 0. The van der Waals surface area contributed by atoms with Crippen LogP contribution in [-0.4, -0.2) is 53.3 Å². The number of allylic oxidation sites excluding steroid dienone is 4. The van der Waals surface area contributed by atoms with Crippen LogP contribution in [0.4, 0.5) is 0 Å². The van der Waals surface area contributed by atoms with Crippen molar-refractivity contribution < 1.29 is 28.8 Å². The largest absolute Gasteiger partial charge is 0.431 e. The summed E-state index contributed by atoms with van der Waals surface area (Å²) in [4.78, 5) is 34.6. The molecule has 236 valence electrons. The first-order valence-corrected chi connectivity index (χ1v) is 15.0. The highest BCUT2D eigenvalue weighted by Crippen LogP contribution is 2.24. The van der Waals surface area contributed by atoms with Crippen molar-refractivity contribution in [2.75, 3.05) is 26.6 Å². The molecule has 43 heavy (non-hydrogen) atoms. The number of nitroso groups, excluding NO2 is 1. The van der Waals surface area contributed by atoms with Gasteiger partial charge in [0.1, 0.15) is 5.82 Å². The zero-order valence-corrected chi connectivity index (χ0v) is 26.2. The molecular formula is C31H45ClN5O6+. The molecule has 0 aliphatic heterocycles. The van der Waals surface area contributed by atoms with E-state index < -0.39 is 12.3 Å². The average Bonchev–Trinajstić information content (AvgIpc) is 3.30. The fourth-order valence-electron chi connectivity index (χ4n) is 4.04. The van der Waals surface area contributed by atoms with E-state index in [1.165, 1.54) is 0 Å². The minimum absolute atomic E-state index is 0.0788. The Hall–Kier alpha value is -3.51. The first-order valence-electron chi connectivity index (χ1n) is 14.7. The van der Waals surface area contributed by atoms with E-state index in [9.17, 15) is 9.70 Å². The molecule has 2 N–H and O–H groups in total. The van der Waals surface area contributed by atoms with E-state index in [1.807, 2.05) is 41.8 Å². The van der Waals surface area contributed by atoms with E-state index in [-0.39, 0.29) is 24.2 Å². The lowest BCUT2D eigenvalue weighted by molar-refractivity contribution is -0.706. The number of halogens is 1. The van der Waals surface area contributed by atoms with Gasteiger partial charge in [0, 0.05) is 25.0 Å². The number of carbonyl (C=O) groups is 1. The van der Waals surface area contributed by atoms with E-state index in [0.29, 0.717) is 43.9 Å². The molecule has 1 unspecified atom stereocenters. The number of ether oxygens (including phenoxy) is 3. The summed E-state index contributed by atoms with van der Waals surface area (Å²) in [6.45, 7) is 14.9. The molecule has 0 bridgehead atoms. The number of benzene rings is 1. The van der Waals surface area contributed by atoms with Gasteiger partial charge in [-0.05, 0) is 36.5 Å². The number of unbranched alkanes of at least 4 members (excludes halogenated alkanes) is 1. The Labute approximate surface area is 259 Å². The number of hydrogen-bond donors (Lipinski definition) is 2. The lowest BCUT2D eigenvalue weighted by Gasteiger charge is -2.19. The van der Waals surface area contributed by atoms with Gasteiger partial charge in [-0.25, -0.2) is 14.6 Å². The average molecular weight is 619 g/mol. The van der Waals surface area contributed by atoms with Gasteiger partial charge in [0.15, 0.2) is 17.6 Å². The molecule has 11 nitrogen and oxygen atoms in total. The first kappa shape index (κ1) is 35.7. The molecule has 0 saturated carbocycles. The lowest BCUT2D eigenvalue weighted by atomic mass is 10.0. The number of hydrazine groups is 2. The van der Waals surface area contributed by atoms with Crippen LogP contribution in [0, 0.1) is 4.91 Å². The monoisotopic (exact) mass is 618 g/mol. The molecule has 1 aromatic heterocycles. The topological polar surface area (TPSA) is 116 Å². The van der Waals surface area contributed by atoms with E-state index >= 15 is 0 Å². The van der Waals surface area contributed by atoms with E-state index in [1.54, 1.807) is 19.1 Å². The van der Waals surface area contributed by atoms with E-state index in [4.69, 9.17) is 30.6 Å². The van der Waals surface area contributed by atoms with Crippen molar-refractivity contribution in [2.24, 2.45) is 0 Å². The van der Waals surface area contributed by atoms with Crippen molar-refractivity contribution in [3.05, 3.63) is 88.4 Å². The van der Waals surface area contributed by atoms with Crippen LogP contribution in [-0.2, 0) is 32.0 Å². The summed E-state index contributed by atoms with van der Waals surface area (Å²) < 4.78 is 18.8. The molecule has 12 heteroatoms. The number of rotatable bonds is 23. The second-order valence-electron chi connectivity index (χ2n) is 9.53. The van der Waals surface area contributed by atoms with E-state index in [2.05, 4.69) is 36.1 Å². The van der Waals surface area contributed by atoms with Gasteiger partial charge >= 0.3 is 5.97 Å². The van der Waals surface area contributed by atoms with Gasteiger partial charge in [-0.15, -0.1) is 5.43 Å². The minimum atomic E-state index is -0.823. The standard InChI is InChI=1S/C31H45ClN5O6/c1-6-11-15-27-34-30(32)29(36(27)22-24-16-18-26(19-17-24)25(9-4)13-7-2)31(38)43-28(14-8-3)41-23-40-20-12-21-42-35-37(39)33-10-5/h7,9,13,16-19,28H,2,4,6,8,10-12,14-15,20-23H2,1,3,5H3,(H2,33,35,39)/q+1/b25-13+. The predicted octanol–water partition coefficient (Wildman–Crippen LogP) is 6.09. The highest BCUT2D eigenvalue weighted by atomic mass is 35.5. The highest BCUT2D eigenvalue weighted by Gasteiger charge is 2.26. The Bertz CT molecular complexity index is 1200. The molecule has 0 radical (unpaired) electrons. The SMILES string of the molecule is C=C/C=C(\C=C)c1ccc(Cn2c(CCCC)nc(Cl)c2C(=O)OC(CCC)OCOCCCON[N+](=O)NCC)cc1. The second kappa shape index (κ2) is 20.4. The molecular weight excluding hydrogens is 574 g/mol. The van der Waals surface area contributed by atoms with Gasteiger partial charge in [-0.1, -0.05) is 93.9 Å². The lowest BCUT2D eigenvalue weighted by Crippen LogP contribution is -2.38. The second-order valence-corrected chi connectivity index (χ2v) is 9.89. The fraction of sp³-hybridized carbons (Fsp3) is 0.484. The van der Waals surface area contributed by atoms with Gasteiger partial charge in [-0.2, -0.15) is 0 Å². The molecule has 0 spiro atoms. The van der Waals surface area contributed by atoms with Crippen LogP contribution in [0.25, 0.3) is 5.57 Å². The number of nitrogens with zero attached hydrogens (tertiary/aromatic N) is 3. The van der Waals surface area contributed by atoms with Crippen LogP contribution in [0.2, 0.25) is 5.15 Å². The molecule has 2 aromatic rings. The number of nitrogens with one attached hydrogen (secondary N) is 2. The summed E-state index contributed by atoms with van der Waals surface area (Å²) in [5, 5.41) is 0.0986. The van der Waals surface area contributed by atoms with Crippen molar-refractivity contribution >= 4 is 23.1 Å². The van der Waals surface area contributed by atoms with Gasteiger partial charge < -0.3 is 18.8 Å². The molecule has 0 saturated heterocycles. The maximum atomic E-state index is 13.4. The molecule has 2 rings (SSSR count). The Morgan fingerprint density at radius 2 is 1.91 bits per heavy atom. The smallest absolute Gasteiger partial charge is 0.360 e. The molecule has 0 aliphatic carbocycles. The zero-order valence-electron chi connectivity index (χ0n) is 25.5. The Morgan fingerprint density at radius 3 is 2.56 bits per heavy atom. The maximum absolute atomic E-state index is 13.4. The van der Waals surface area contributed by atoms with Crippen molar-refractivity contribution in [1.29, 1.82) is 0 Å². The van der Waals surface area contributed by atoms with Crippen LogP contribution in [0.1, 0.15) is 80.3 Å². The van der Waals surface area contributed by atoms with Crippen LogP contribution in [0.3, 0.4) is 0 Å². The van der Waals surface area contributed by atoms with Gasteiger partial charge in [0.05, 0.1) is 24.7 Å². The number of carbonyl (C=O) groups excluding carboxylic acids is 1. The molecule has 0 amide bonds. The predicted molar refractivity (Wildman–Crippen MR) is 167 cm³/mol. The summed E-state index contributed by atoms with van der Waals surface area (Å²) in [6, 6.07) is 8.01. The summed E-state index contributed by atoms with van der Waals surface area (Å²) in [6.07, 6.45) is 8.86. The summed E-state index contributed by atoms with van der Waals surface area (Å²) >= 11 is 6.53. The van der Waals surface area contributed by atoms with Crippen LogP contribution >= 0.6 is 11.6 Å².